The highest BCUT2D eigenvalue weighted by molar-refractivity contribution is 7.15. The number of pyridine rings is 1. The summed E-state index contributed by atoms with van der Waals surface area (Å²) >= 11 is 1.31. The van der Waals surface area contributed by atoms with E-state index in [4.69, 9.17) is 4.74 Å². The lowest BCUT2D eigenvalue weighted by Crippen LogP contribution is -2.38. The Balaban J connectivity index is 1.74. The Bertz CT molecular complexity index is 829. The van der Waals surface area contributed by atoms with Crippen LogP contribution < -0.4 is 10.9 Å². The fourth-order valence-electron chi connectivity index (χ4n) is 2.44. The van der Waals surface area contributed by atoms with E-state index < -0.39 is 11.7 Å². The molecule has 3 rings (SSSR count). The zero-order valence-corrected chi connectivity index (χ0v) is 13.8. The Labute approximate surface area is 141 Å². The van der Waals surface area contributed by atoms with Crippen LogP contribution in [0.2, 0.25) is 0 Å². The largest absolute Gasteiger partial charge is 0.450 e. The van der Waals surface area contributed by atoms with Crippen LogP contribution in [0.15, 0.2) is 23.1 Å². The summed E-state index contributed by atoms with van der Waals surface area (Å²) in [5, 5.41) is 3.02. The van der Waals surface area contributed by atoms with Crippen molar-refractivity contribution in [3.8, 4) is 0 Å². The summed E-state index contributed by atoms with van der Waals surface area (Å²) in [6, 6.07) is 3.13. The summed E-state index contributed by atoms with van der Waals surface area (Å²) in [6.45, 7) is 2.85. The number of ether oxygens (including phenoxy) is 1. The van der Waals surface area contributed by atoms with Gasteiger partial charge in [-0.2, -0.15) is 0 Å². The minimum atomic E-state index is -0.549. The van der Waals surface area contributed by atoms with Gasteiger partial charge in [0, 0.05) is 24.0 Å². The van der Waals surface area contributed by atoms with E-state index in [-0.39, 0.29) is 18.1 Å². The number of nitrogens with one attached hydrogen (secondary N) is 2. The second-order valence-corrected chi connectivity index (χ2v) is 6.21. The SMILES string of the molecule is CCOC(=O)Nc1nc2c(s1)CN(C(=O)c1ccc[nH]c1=O)CC2. The van der Waals surface area contributed by atoms with E-state index in [0.717, 1.165) is 10.6 Å². The molecular weight excluding hydrogens is 332 g/mol. The lowest BCUT2D eigenvalue weighted by atomic mass is 10.1. The van der Waals surface area contributed by atoms with Gasteiger partial charge in [-0.3, -0.25) is 14.9 Å². The number of carbonyl (C=O) groups excluding carboxylic acids is 2. The molecule has 2 aromatic heterocycles. The average molecular weight is 348 g/mol. The first kappa shape index (κ1) is 16.2. The van der Waals surface area contributed by atoms with Crippen molar-refractivity contribution in [2.24, 2.45) is 0 Å². The van der Waals surface area contributed by atoms with Crippen molar-refractivity contribution in [1.29, 1.82) is 0 Å². The van der Waals surface area contributed by atoms with Crippen LogP contribution in [0.5, 0.6) is 0 Å². The van der Waals surface area contributed by atoms with Crippen molar-refractivity contribution in [2.75, 3.05) is 18.5 Å². The Morgan fingerprint density at radius 2 is 2.33 bits per heavy atom. The number of aromatic amines is 1. The van der Waals surface area contributed by atoms with Gasteiger partial charge < -0.3 is 14.6 Å². The van der Waals surface area contributed by atoms with Gasteiger partial charge in [-0.05, 0) is 19.1 Å². The molecule has 2 aromatic rings. The molecule has 0 aromatic carbocycles. The van der Waals surface area contributed by atoms with Crippen molar-refractivity contribution < 1.29 is 14.3 Å². The molecule has 0 saturated carbocycles. The standard InChI is InChI=1S/C15H16N4O4S/c1-2-23-15(22)18-14-17-10-5-7-19(8-11(10)24-14)13(21)9-4-3-6-16-12(9)20/h3-4,6H,2,5,7-8H2,1H3,(H,16,20)(H,17,18,22). The number of H-pyrrole nitrogens is 1. The molecule has 2 N–H and O–H groups in total. The molecule has 126 valence electrons. The maximum atomic E-state index is 12.5. The van der Waals surface area contributed by atoms with Crippen LogP contribution in [0.3, 0.4) is 0 Å². The summed E-state index contributed by atoms with van der Waals surface area (Å²) in [7, 11) is 0. The van der Waals surface area contributed by atoms with Crippen LogP contribution in [-0.4, -0.2) is 40.0 Å². The number of anilines is 1. The number of hydrogen-bond acceptors (Lipinski definition) is 6. The number of nitrogens with zero attached hydrogens (tertiary/aromatic N) is 2. The van der Waals surface area contributed by atoms with Crippen molar-refractivity contribution in [3.05, 3.63) is 44.8 Å². The fourth-order valence-corrected chi connectivity index (χ4v) is 3.45. The normalized spacial score (nSPS) is 13.3. The van der Waals surface area contributed by atoms with Gasteiger partial charge in [0.2, 0.25) is 0 Å². The molecule has 0 fully saturated rings. The predicted octanol–water partition coefficient (Wildman–Crippen LogP) is 1.60. The van der Waals surface area contributed by atoms with E-state index in [0.29, 0.717) is 24.6 Å². The lowest BCUT2D eigenvalue weighted by molar-refractivity contribution is 0.0734. The van der Waals surface area contributed by atoms with Gasteiger partial charge in [0.15, 0.2) is 5.13 Å². The number of hydrogen-bond donors (Lipinski definition) is 2. The number of aromatic nitrogens is 2. The summed E-state index contributed by atoms with van der Waals surface area (Å²) in [4.78, 5) is 45.1. The Hall–Kier alpha value is -2.68. The number of fused-ring (bicyclic) bond motifs is 1. The third-order valence-corrected chi connectivity index (χ3v) is 4.55. The van der Waals surface area contributed by atoms with Gasteiger partial charge in [0.1, 0.15) is 5.56 Å². The molecule has 0 unspecified atom stereocenters. The molecule has 3 heterocycles. The third-order valence-electron chi connectivity index (χ3n) is 3.55. The minimum Gasteiger partial charge on any atom is -0.450 e. The van der Waals surface area contributed by atoms with Crippen LogP contribution in [-0.2, 0) is 17.7 Å². The number of rotatable bonds is 3. The predicted molar refractivity (Wildman–Crippen MR) is 88.3 cm³/mol. The molecule has 0 spiro atoms. The highest BCUT2D eigenvalue weighted by Gasteiger charge is 2.26. The molecule has 0 radical (unpaired) electrons. The van der Waals surface area contributed by atoms with Crippen molar-refractivity contribution in [2.45, 2.75) is 19.9 Å². The molecule has 9 heteroatoms. The minimum absolute atomic E-state index is 0.121. The van der Waals surface area contributed by atoms with Gasteiger partial charge in [-0.15, -0.1) is 0 Å². The maximum Gasteiger partial charge on any atom is 0.413 e. The van der Waals surface area contributed by atoms with Crippen LogP contribution in [0.4, 0.5) is 9.93 Å². The summed E-state index contributed by atoms with van der Waals surface area (Å²) in [5.74, 6) is -0.309. The Kier molecular flexibility index (Phi) is 4.61. The van der Waals surface area contributed by atoms with E-state index >= 15 is 0 Å². The lowest BCUT2D eigenvalue weighted by Gasteiger charge is -2.25. The Morgan fingerprint density at radius 3 is 3.08 bits per heavy atom. The van der Waals surface area contributed by atoms with Crippen LogP contribution in [0.25, 0.3) is 0 Å². The van der Waals surface area contributed by atoms with Gasteiger partial charge in [-0.25, -0.2) is 9.78 Å². The smallest absolute Gasteiger partial charge is 0.413 e. The molecule has 8 nitrogen and oxygen atoms in total. The molecule has 0 saturated heterocycles. The zero-order chi connectivity index (χ0) is 17.1. The molecule has 0 atom stereocenters. The van der Waals surface area contributed by atoms with Gasteiger partial charge in [0.05, 0.1) is 18.8 Å². The van der Waals surface area contributed by atoms with E-state index in [1.165, 1.54) is 23.6 Å². The molecule has 24 heavy (non-hydrogen) atoms. The van der Waals surface area contributed by atoms with Crippen molar-refractivity contribution in [3.63, 3.8) is 0 Å². The second kappa shape index (κ2) is 6.83. The summed E-state index contributed by atoms with van der Waals surface area (Å²) in [5.41, 5.74) is 0.579. The highest BCUT2D eigenvalue weighted by Crippen LogP contribution is 2.28. The summed E-state index contributed by atoms with van der Waals surface area (Å²) < 4.78 is 4.82. The molecule has 0 bridgehead atoms. The monoisotopic (exact) mass is 348 g/mol. The first-order valence-corrected chi connectivity index (χ1v) is 8.29. The summed E-state index contributed by atoms with van der Waals surface area (Å²) in [6.07, 6.45) is 1.52. The number of amides is 2. The van der Waals surface area contributed by atoms with Gasteiger partial charge in [-0.1, -0.05) is 11.3 Å². The van der Waals surface area contributed by atoms with Gasteiger partial charge in [0.25, 0.3) is 11.5 Å². The molecule has 1 aliphatic rings. The van der Waals surface area contributed by atoms with Crippen LogP contribution >= 0.6 is 11.3 Å². The maximum absolute atomic E-state index is 12.5. The molecular formula is C15H16N4O4S. The van der Waals surface area contributed by atoms with E-state index in [9.17, 15) is 14.4 Å². The average Bonchev–Trinajstić information content (AvgIpc) is 2.96. The molecule has 0 aliphatic carbocycles. The number of carbonyl (C=O) groups is 2. The zero-order valence-electron chi connectivity index (χ0n) is 13.0. The molecule has 2 amide bonds. The fraction of sp³-hybridized carbons (Fsp3) is 0.333. The van der Waals surface area contributed by atoms with E-state index in [2.05, 4.69) is 15.3 Å². The second-order valence-electron chi connectivity index (χ2n) is 5.12. The first-order valence-electron chi connectivity index (χ1n) is 7.47. The van der Waals surface area contributed by atoms with Gasteiger partial charge >= 0.3 is 6.09 Å². The topological polar surface area (TPSA) is 104 Å². The molecule has 1 aliphatic heterocycles. The van der Waals surface area contributed by atoms with Crippen LogP contribution in [0.1, 0.15) is 27.9 Å². The highest BCUT2D eigenvalue weighted by atomic mass is 32.1. The Morgan fingerprint density at radius 1 is 1.50 bits per heavy atom. The van der Waals surface area contributed by atoms with Crippen molar-refractivity contribution >= 4 is 28.5 Å². The third kappa shape index (κ3) is 3.30. The number of thiazole rings is 1. The van der Waals surface area contributed by atoms with E-state index in [1.807, 2.05) is 0 Å². The van der Waals surface area contributed by atoms with E-state index in [1.54, 1.807) is 17.9 Å². The quantitative estimate of drug-likeness (QED) is 0.877. The first-order chi connectivity index (χ1) is 11.6. The van der Waals surface area contributed by atoms with Crippen LogP contribution in [0, 0.1) is 0 Å². The van der Waals surface area contributed by atoms with Crippen molar-refractivity contribution in [1.82, 2.24) is 14.9 Å².